The first kappa shape index (κ1) is 13.9. The number of rotatable bonds is 2. The minimum absolute atomic E-state index is 0.186. The number of benzene rings is 1. The van der Waals surface area contributed by atoms with Gasteiger partial charge in [0.05, 0.1) is 11.1 Å². The predicted molar refractivity (Wildman–Crippen MR) is 79.3 cm³/mol. The van der Waals surface area contributed by atoms with Crippen LogP contribution in [0.1, 0.15) is 29.6 Å². The molecular weight excluding hydrogens is 269 g/mol. The van der Waals surface area contributed by atoms with Gasteiger partial charge < -0.3 is 4.90 Å². The molecule has 21 heavy (non-hydrogen) atoms. The molecule has 0 N–H and O–H groups in total. The van der Waals surface area contributed by atoms with E-state index < -0.39 is 6.17 Å². The fourth-order valence-electron chi connectivity index (χ4n) is 2.86. The smallest absolute Gasteiger partial charge is 0.257 e. The molecule has 1 aromatic carbocycles. The minimum Gasteiger partial charge on any atom is -0.323 e. The average Bonchev–Trinajstić information content (AvgIpc) is 2.53. The third-order valence-corrected chi connectivity index (χ3v) is 4.04. The van der Waals surface area contributed by atoms with E-state index in [2.05, 4.69) is 4.98 Å². The number of pyridine rings is 1. The fraction of sp³-hybridized carbons (Fsp3) is 0.375. The van der Waals surface area contributed by atoms with Gasteiger partial charge in [0.2, 0.25) is 0 Å². The van der Waals surface area contributed by atoms with Crippen LogP contribution in [0, 0.1) is 0 Å². The first-order chi connectivity index (χ1) is 10.2. The van der Waals surface area contributed by atoms with Gasteiger partial charge in [0.15, 0.2) is 0 Å². The largest absolute Gasteiger partial charge is 0.323 e. The van der Waals surface area contributed by atoms with E-state index in [9.17, 15) is 9.28 Å². The SMILES string of the molecule is CN(C(=O)c1cccc2cccnc12)C1CCCCN1F. The molecule has 1 saturated heterocycles. The Morgan fingerprint density at radius 2 is 2.14 bits per heavy atom. The van der Waals surface area contributed by atoms with E-state index in [4.69, 9.17) is 0 Å². The number of fused-ring (bicyclic) bond motifs is 1. The summed E-state index contributed by atoms with van der Waals surface area (Å²) in [5.74, 6) is -0.186. The van der Waals surface area contributed by atoms with Crippen LogP contribution in [-0.2, 0) is 0 Å². The Kier molecular flexibility index (Phi) is 3.84. The molecule has 110 valence electrons. The van der Waals surface area contributed by atoms with Crippen LogP contribution in [0.3, 0.4) is 0 Å². The quantitative estimate of drug-likeness (QED) is 0.797. The third kappa shape index (κ3) is 2.61. The number of para-hydroxylation sites is 1. The number of amides is 1. The molecule has 1 atom stereocenters. The highest BCUT2D eigenvalue weighted by molar-refractivity contribution is 6.05. The van der Waals surface area contributed by atoms with Gasteiger partial charge in [-0.15, -0.1) is 9.60 Å². The molecule has 1 amide bonds. The van der Waals surface area contributed by atoms with E-state index in [1.54, 1.807) is 19.3 Å². The second kappa shape index (κ2) is 5.77. The van der Waals surface area contributed by atoms with Gasteiger partial charge in [-0.2, -0.15) is 0 Å². The van der Waals surface area contributed by atoms with Crippen molar-refractivity contribution < 1.29 is 9.28 Å². The average molecular weight is 287 g/mol. The Morgan fingerprint density at radius 1 is 1.33 bits per heavy atom. The number of carbonyl (C=O) groups excluding carboxylic acids is 1. The Labute approximate surface area is 123 Å². The van der Waals surface area contributed by atoms with Gasteiger partial charge in [-0.25, -0.2) is 0 Å². The summed E-state index contributed by atoms with van der Waals surface area (Å²) in [5.41, 5.74) is 1.19. The zero-order chi connectivity index (χ0) is 14.8. The van der Waals surface area contributed by atoms with E-state index in [1.165, 1.54) is 4.90 Å². The fourth-order valence-corrected chi connectivity index (χ4v) is 2.86. The molecule has 5 heteroatoms. The maximum Gasteiger partial charge on any atom is 0.257 e. The highest BCUT2D eigenvalue weighted by atomic mass is 19.2. The van der Waals surface area contributed by atoms with E-state index in [-0.39, 0.29) is 5.91 Å². The van der Waals surface area contributed by atoms with Gasteiger partial charge in [0.1, 0.15) is 6.17 Å². The van der Waals surface area contributed by atoms with Crippen LogP contribution in [0.25, 0.3) is 10.9 Å². The minimum atomic E-state index is -0.481. The van der Waals surface area contributed by atoms with Crippen molar-refractivity contribution >= 4 is 16.8 Å². The van der Waals surface area contributed by atoms with Crippen LogP contribution in [0.2, 0.25) is 0 Å². The number of aromatic nitrogens is 1. The molecule has 1 aromatic heterocycles. The lowest BCUT2D eigenvalue weighted by atomic mass is 10.1. The van der Waals surface area contributed by atoms with Crippen LogP contribution in [0.15, 0.2) is 36.5 Å². The predicted octanol–water partition coefficient (Wildman–Crippen LogP) is 3.00. The van der Waals surface area contributed by atoms with Crippen LogP contribution in [0.5, 0.6) is 0 Å². The second-order valence-corrected chi connectivity index (χ2v) is 5.40. The van der Waals surface area contributed by atoms with Crippen molar-refractivity contribution in [1.29, 1.82) is 0 Å². The number of hydrogen-bond donors (Lipinski definition) is 0. The van der Waals surface area contributed by atoms with E-state index in [1.807, 2.05) is 24.3 Å². The van der Waals surface area contributed by atoms with Crippen molar-refractivity contribution in [3.05, 3.63) is 42.1 Å². The van der Waals surface area contributed by atoms with Crippen molar-refractivity contribution in [1.82, 2.24) is 15.0 Å². The number of piperidine rings is 1. The number of carbonyl (C=O) groups is 1. The van der Waals surface area contributed by atoms with Gasteiger partial charge in [-0.3, -0.25) is 9.78 Å². The van der Waals surface area contributed by atoms with Gasteiger partial charge in [-0.1, -0.05) is 18.2 Å². The lowest BCUT2D eigenvalue weighted by Gasteiger charge is -2.35. The molecule has 2 heterocycles. The van der Waals surface area contributed by atoms with Crippen LogP contribution in [0.4, 0.5) is 4.48 Å². The Hall–Kier alpha value is -2.01. The molecule has 1 aliphatic rings. The molecule has 3 rings (SSSR count). The summed E-state index contributed by atoms with van der Waals surface area (Å²) >= 11 is 0. The van der Waals surface area contributed by atoms with Crippen LogP contribution >= 0.6 is 0 Å². The van der Waals surface area contributed by atoms with Gasteiger partial charge in [-0.05, 0) is 31.4 Å². The molecule has 0 bridgehead atoms. The topological polar surface area (TPSA) is 36.4 Å². The maximum atomic E-state index is 13.9. The maximum absolute atomic E-state index is 13.9. The monoisotopic (exact) mass is 287 g/mol. The standard InChI is InChI=1S/C16H18FN3O/c1-19(14-9-2-3-11-20(14)17)16(21)13-8-4-6-12-7-5-10-18-15(12)13/h4-8,10,14H,2-3,9,11H2,1H3. The molecule has 1 fully saturated rings. The number of halogens is 1. The lowest BCUT2D eigenvalue weighted by molar-refractivity contribution is -0.0933. The van der Waals surface area contributed by atoms with E-state index >= 15 is 0 Å². The molecule has 0 saturated carbocycles. The number of nitrogens with zero attached hydrogens (tertiary/aromatic N) is 3. The van der Waals surface area contributed by atoms with Gasteiger partial charge in [0.25, 0.3) is 5.91 Å². The zero-order valence-electron chi connectivity index (χ0n) is 12.0. The van der Waals surface area contributed by atoms with Crippen molar-refractivity contribution in [3.63, 3.8) is 0 Å². The molecular formula is C16H18FN3O. The molecule has 2 aromatic rings. The molecule has 0 radical (unpaired) electrons. The van der Waals surface area contributed by atoms with E-state index in [0.29, 0.717) is 24.0 Å². The first-order valence-corrected chi connectivity index (χ1v) is 7.22. The zero-order valence-corrected chi connectivity index (χ0v) is 12.0. The highest BCUT2D eigenvalue weighted by Gasteiger charge is 2.30. The summed E-state index contributed by atoms with van der Waals surface area (Å²) in [6.45, 7) is 0.385. The van der Waals surface area contributed by atoms with Crippen LogP contribution < -0.4 is 0 Å². The molecule has 0 spiro atoms. The van der Waals surface area contributed by atoms with Crippen molar-refractivity contribution in [2.24, 2.45) is 0 Å². The summed E-state index contributed by atoms with van der Waals surface area (Å²) in [4.78, 5) is 18.5. The van der Waals surface area contributed by atoms with Crippen molar-refractivity contribution in [2.45, 2.75) is 25.4 Å². The summed E-state index contributed by atoms with van der Waals surface area (Å²) in [7, 11) is 1.66. The normalized spacial score (nSPS) is 19.6. The lowest BCUT2D eigenvalue weighted by Crippen LogP contribution is -2.48. The molecule has 1 aliphatic heterocycles. The van der Waals surface area contributed by atoms with Crippen LogP contribution in [-0.4, -0.2) is 40.7 Å². The second-order valence-electron chi connectivity index (χ2n) is 5.40. The Bertz CT molecular complexity index is 656. The first-order valence-electron chi connectivity index (χ1n) is 7.22. The summed E-state index contributed by atoms with van der Waals surface area (Å²) in [6.07, 6.45) is 3.63. The number of hydrogen-bond acceptors (Lipinski definition) is 3. The molecule has 1 unspecified atom stereocenters. The Morgan fingerprint density at radius 3 is 2.95 bits per heavy atom. The summed E-state index contributed by atoms with van der Waals surface area (Å²) in [5, 5.41) is 1.68. The van der Waals surface area contributed by atoms with Crippen molar-refractivity contribution in [3.8, 4) is 0 Å². The third-order valence-electron chi connectivity index (χ3n) is 4.04. The molecule has 4 nitrogen and oxygen atoms in total. The molecule has 0 aliphatic carbocycles. The summed E-state index contributed by atoms with van der Waals surface area (Å²) in [6, 6.07) is 9.26. The van der Waals surface area contributed by atoms with Gasteiger partial charge >= 0.3 is 0 Å². The van der Waals surface area contributed by atoms with Crippen molar-refractivity contribution in [2.75, 3.05) is 13.6 Å². The van der Waals surface area contributed by atoms with E-state index in [0.717, 1.165) is 23.3 Å². The van der Waals surface area contributed by atoms with Gasteiger partial charge in [0, 0.05) is 25.2 Å². The highest BCUT2D eigenvalue weighted by Crippen LogP contribution is 2.23. The summed E-state index contributed by atoms with van der Waals surface area (Å²) < 4.78 is 13.9. The Balaban J connectivity index is 1.93.